The van der Waals surface area contributed by atoms with Crippen molar-refractivity contribution in [1.29, 1.82) is 0 Å². The molecule has 2 saturated heterocycles. The Bertz CT molecular complexity index is 592. The van der Waals surface area contributed by atoms with E-state index in [1.54, 1.807) is 20.8 Å². The lowest BCUT2D eigenvalue weighted by Crippen LogP contribution is -2.70. The Hall–Kier alpha value is -1.02. The minimum Gasteiger partial charge on any atom is -0.444 e. The third kappa shape index (κ3) is 3.48. The first-order chi connectivity index (χ1) is 9.82. The third-order valence-electron chi connectivity index (χ3n) is 3.85. The van der Waals surface area contributed by atoms with Gasteiger partial charge in [-0.15, -0.1) is 0 Å². The first kappa shape index (κ1) is 17.3. The summed E-state index contributed by atoms with van der Waals surface area (Å²) in [5, 5.41) is -0.880. The lowest BCUT2D eigenvalue weighted by molar-refractivity contribution is -0.139. The van der Waals surface area contributed by atoms with Crippen LogP contribution in [-0.4, -0.2) is 66.2 Å². The van der Waals surface area contributed by atoms with Crippen molar-refractivity contribution >= 4 is 31.7 Å². The van der Waals surface area contributed by atoms with E-state index in [4.69, 9.17) is 15.4 Å². The first-order valence-corrected chi connectivity index (χ1v) is 9.41. The van der Waals surface area contributed by atoms with E-state index < -0.39 is 31.5 Å². The Morgan fingerprint density at radius 3 is 2.32 bits per heavy atom. The van der Waals surface area contributed by atoms with Gasteiger partial charge in [-0.1, -0.05) is 0 Å². The fraction of sp³-hybridized carbons (Fsp3) is 0.846. The minimum atomic E-state index is -3.76. The number of hydrogen-bond acceptors (Lipinski definition) is 5. The highest BCUT2D eigenvalue weighted by Gasteiger charge is 2.52. The number of hydrogen-bond donors (Lipinski definition) is 0. The van der Waals surface area contributed by atoms with Crippen LogP contribution in [0, 0.1) is 0 Å². The van der Waals surface area contributed by atoms with Crippen LogP contribution < -0.4 is 0 Å². The summed E-state index contributed by atoms with van der Waals surface area (Å²) in [6.45, 7) is 7.89. The number of likely N-dealkylation sites (tertiary alicyclic amines) is 2. The summed E-state index contributed by atoms with van der Waals surface area (Å²) >= 11 is 0. The van der Waals surface area contributed by atoms with E-state index in [0.29, 0.717) is 13.1 Å². The predicted molar refractivity (Wildman–Crippen MR) is 81.1 cm³/mol. The molecular formula is C13H21ClN2O5S. The van der Waals surface area contributed by atoms with Crippen molar-refractivity contribution in [2.24, 2.45) is 0 Å². The maximum atomic E-state index is 12.0. The van der Waals surface area contributed by atoms with Crippen LogP contribution in [0.2, 0.25) is 0 Å². The summed E-state index contributed by atoms with van der Waals surface area (Å²) in [6.07, 6.45) is -0.536. The van der Waals surface area contributed by atoms with E-state index in [1.165, 1.54) is 9.80 Å². The smallest absolute Gasteiger partial charge is 0.410 e. The average molecular weight is 353 g/mol. The zero-order valence-electron chi connectivity index (χ0n) is 13.1. The Labute approximate surface area is 134 Å². The third-order valence-corrected chi connectivity index (χ3v) is 5.72. The molecule has 0 aromatic rings. The molecule has 0 aromatic heterocycles. The summed E-state index contributed by atoms with van der Waals surface area (Å²) < 4.78 is 28.0. The Balaban J connectivity index is 1.98. The molecule has 2 amide bonds. The van der Waals surface area contributed by atoms with Gasteiger partial charge in [0.25, 0.3) is 0 Å². The minimum absolute atomic E-state index is 0.0727. The van der Waals surface area contributed by atoms with Crippen LogP contribution in [0.1, 0.15) is 34.1 Å². The van der Waals surface area contributed by atoms with Crippen LogP contribution in [0.15, 0.2) is 0 Å². The first-order valence-electron chi connectivity index (χ1n) is 7.04. The van der Waals surface area contributed by atoms with Gasteiger partial charge in [0.1, 0.15) is 10.9 Å². The number of amides is 2. The van der Waals surface area contributed by atoms with Crippen molar-refractivity contribution in [2.75, 3.05) is 19.6 Å². The molecule has 0 spiro atoms. The number of ether oxygens (including phenoxy) is 1. The number of rotatable bonds is 2. The summed E-state index contributed by atoms with van der Waals surface area (Å²) in [4.78, 5) is 27.0. The summed E-state index contributed by atoms with van der Waals surface area (Å²) in [5.74, 6) is -0.249. The van der Waals surface area contributed by atoms with E-state index in [1.807, 2.05) is 6.92 Å². The van der Waals surface area contributed by atoms with E-state index >= 15 is 0 Å². The van der Waals surface area contributed by atoms with Crippen LogP contribution in [-0.2, 0) is 18.6 Å². The number of halogens is 1. The second-order valence-corrected chi connectivity index (χ2v) is 10.0. The van der Waals surface area contributed by atoms with Crippen molar-refractivity contribution in [3.63, 3.8) is 0 Å². The zero-order valence-corrected chi connectivity index (χ0v) is 14.7. The second-order valence-electron chi connectivity index (χ2n) is 7.14. The molecule has 0 aromatic carbocycles. The van der Waals surface area contributed by atoms with Crippen LogP contribution in [0.25, 0.3) is 0 Å². The van der Waals surface area contributed by atoms with Crippen LogP contribution >= 0.6 is 10.7 Å². The van der Waals surface area contributed by atoms with E-state index in [9.17, 15) is 18.0 Å². The van der Waals surface area contributed by atoms with Gasteiger partial charge in [0.2, 0.25) is 15.0 Å². The van der Waals surface area contributed by atoms with Gasteiger partial charge in [0.05, 0.1) is 5.54 Å². The molecule has 9 heteroatoms. The molecule has 0 bridgehead atoms. The lowest BCUT2D eigenvalue weighted by atomic mass is 9.90. The molecule has 2 rings (SSSR count). The molecule has 0 saturated carbocycles. The monoisotopic (exact) mass is 352 g/mol. The normalized spacial score (nSPS) is 25.1. The molecule has 0 radical (unpaired) electrons. The Kier molecular flexibility index (Phi) is 4.15. The predicted octanol–water partition coefficient (Wildman–Crippen LogP) is 1.17. The van der Waals surface area contributed by atoms with Crippen LogP contribution in [0.3, 0.4) is 0 Å². The highest BCUT2D eigenvalue weighted by atomic mass is 35.7. The van der Waals surface area contributed by atoms with E-state index in [0.717, 1.165) is 0 Å². The fourth-order valence-corrected chi connectivity index (χ4v) is 3.81. The molecule has 7 nitrogen and oxygen atoms in total. The fourth-order valence-electron chi connectivity index (χ4n) is 2.79. The van der Waals surface area contributed by atoms with Crippen molar-refractivity contribution in [2.45, 2.75) is 50.5 Å². The van der Waals surface area contributed by atoms with E-state index in [2.05, 4.69) is 0 Å². The standard InChI is InChI=1S/C13H21ClN2O5S/c1-12(2,3)21-11(18)15-7-13(4,8-15)16-6-9(5-10(16)17)22(14,19)20/h9H,5-8H2,1-4H3. The lowest BCUT2D eigenvalue weighted by Gasteiger charge is -2.52. The van der Waals surface area contributed by atoms with Gasteiger partial charge in [-0.05, 0) is 27.7 Å². The van der Waals surface area contributed by atoms with Gasteiger partial charge < -0.3 is 14.5 Å². The second kappa shape index (κ2) is 5.26. The number of carbonyl (C=O) groups is 2. The van der Waals surface area contributed by atoms with Gasteiger partial charge in [0, 0.05) is 36.7 Å². The molecule has 2 heterocycles. The van der Waals surface area contributed by atoms with Crippen LogP contribution in [0.5, 0.6) is 0 Å². The maximum Gasteiger partial charge on any atom is 0.410 e. The van der Waals surface area contributed by atoms with Gasteiger partial charge in [-0.2, -0.15) is 0 Å². The van der Waals surface area contributed by atoms with Crippen molar-refractivity contribution in [3.05, 3.63) is 0 Å². The molecule has 1 atom stereocenters. The number of carbonyl (C=O) groups excluding carboxylic acids is 2. The largest absolute Gasteiger partial charge is 0.444 e. The molecule has 22 heavy (non-hydrogen) atoms. The highest BCUT2D eigenvalue weighted by molar-refractivity contribution is 8.14. The van der Waals surface area contributed by atoms with Crippen LogP contribution in [0.4, 0.5) is 4.79 Å². The molecular weight excluding hydrogens is 332 g/mol. The van der Waals surface area contributed by atoms with Gasteiger partial charge in [0.15, 0.2) is 0 Å². The SMILES string of the molecule is CC(C)(C)OC(=O)N1CC(C)(N2CC(S(=O)(=O)Cl)CC2=O)C1. The molecule has 1 unspecified atom stereocenters. The van der Waals surface area contributed by atoms with E-state index in [-0.39, 0.29) is 18.9 Å². The molecule has 126 valence electrons. The molecule has 2 aliphatic rings. The highest BCUT2D eigenvalue weighted by Crippen LogP contribution is 2.34. The van der Waals surface area contributed by atoms with Crippen molar-refractivity contribution < 1.29 is 22.7 Å². The van der Waals surface area contributed by atoms with Gasteiger partial charge in [-0.25, -0.2) is 13.2 Å². The summed E-state index contributed by atoms with van der Waals surface area (Å²) in [5.41, 5.74) is -1.14. The van der Waals surface area contributed by atoms with Gasteiger partial charge in [-0.3, -0.25) is 4.79 Å². The molecule has 2 fully saturated rings. The summed E-state index contributed by atoms with van der Waals surface area (Å²) in [6, 6.07) is 0. The number of nitrogens with zero attached hydrogens (tertiary/aromatic N) is 2. The van der Waals surface area contributed by atoms with Crippen molar-refractivity contribution in [1.82, 2.24) is 9.80 Å². The molecule has 0 N–H and O–H groups in total. The average Bonchev–Trinajstić information content (AvgIpc) is 2.64. The Morgan fingerprint density at radius 2 is 1.91 bits per heavy atom. The molecule has 2 aliphatic heterocycles. The zero-order chi connectivity index (χ0) is 16.9. The molecule has 0 aliphatic carbocycles. The van der Waals surface area contributed by atoms with Crippen molar-refractivity contribution in [3.8, 4) is 0 Å². The topological polar surface area (TPSA) is 84.0 Å². The summed E-state index contributed by atoms with van der Waals surface area (Å²) in [7, 11) is 1.58. The van der Waals surface area contributed by atoms with Gasteiger partial charge >= 0.3 is 6.09 Å². The quantitative estimate of drug-likeness (QED) is 0.696. The maximum absolute atomic E-state index is 12.0. The Morgan fingerprint density at radius 1 is 1.36 bits per heavy atom.